The van der Waals surface area contributed by atoms with E-state index < -0.39 is 5.91 Å². The summed E-state index contributed by atoms with van der Waals surface area (Å²) in [5.41, 5.74) is 3.24. The van der Waals surface area contributed by atoms with E-state index >= 15 is 0 Å². The third-order valence-electron chi connectivity index (χ3n) is 2.45. The maximum absolute atomic E-state index is 11.8. The van der Waals surface area contributed by atoms with E-state index in [1.54, 1.807) is 0 Å². The van der Waals surface area contributed by atoms with Crippen molar-refractivity contribution in [3.63, 3.8) is 0 Å². The van der Waals surface area contributed by atoms with Crippen molar-refractivity contribution >= 4 is 39.7 Å². The zero-order valence-electron chi connectivity index (χ0n) is 10.2. The number of phenolic OH excluding ortho intramolecular Hbond substituents is 1. The molecule has 1 amide bonds. The third kappa shape index (κ3) is 3.82. The molecule has 2 aromatic carbocycles. The summed E-state index contributed by atoms with van der Waals surface area (Å²) in [4.78, 5) is 11.8. The lowest BCUT2D eigenvalue weighted by Gasteiger charge is -2.03. The summed E-state index contributed by atoms with van der Waals surface area (Å²) in [7, 11) is 0. The van der Waals surface area contributed by atoms with Crippen molar-refractivity contribution in [1.82, 2.24) is 5.43 Å². The van der Waals surface area contributed by atoms with Gasteiger partial charge in [-0.2, -0.15) is 5.10 Å². The van der Waals surface area contributed by atoms with Crippen LogP contribution in [0.5, 0.6) is 5.75 Å². The summed E-state index contributed by atoms with van der Waals surface area (Å²) in [6.07, 6.45) is 1.51. The van der Waals surface area contributed by atoms with Crippen molar-refractivity contribution in [2.24, 2.45) is 5.10 Å². The number of hydrogen-bond donors (Lipinski definition) is 2. The topological polar surface area (TPSA) is 61.7 Å². The predicted molar refractivity (Wildman–Crippen MR) is 82.3 cm³/mol. The number of nitrogens with zero attached hydrogens (tertiary/aromatic N) is 1. The quantitative estimate of drug-likeness (QED) is 0.654. The van der Waals surface area contributed by atoms with E-state index in [9.17, 15) is 9.90 Å². The van der Waals surface area contributed by atoms with E-state index in [-0.39, 0.29) is 11.3 Å². The van der Waals surface area contributed by atoms with Gasteiger partial charge in [-0.1, -0.05) is 39.7 Å². The van der Waals surface area contributed by atoms with Crippen LogP contribution in [-0.2, 0) is 0 Å². The molecule has 20 heavy (non-hydrogen) atoms. The monoisotopic (exact) mass is 352 g/mol. The van der Waals surface area contributed by atoms with Crippen LogP contribution >= 0.6 is 27.5 Å². The van der Waals surface area contributed by atoms with Gasteiger partial charge >= 0.3 is 0 Å². The second-order valence-electron chi connectivity index (χ2n) is 3.91. The van der Waals surface area contributed by atoms with Crippen molar-refractivity contribution in [1.29, 1.82) is 0 Å². The minimum Gasteiger partial charge on any atom is -0.507 e. The molecule has 0 unspecified atom stereocenters. The summed E-state index contributed by atoms with van der Waals surface area (Å²) >= 11 is 9.10. The van der Waals surface area contributed by atoms with Crippen LogP contribution < -0.4 is 5.43 Å². The second-order valence-corrected chi connectivity index (χ2v) is 5.26. The van der Waals surface area contributed by atoms with E-state index in [4.69, 9.17) is 11.6 Å². The average molecular weight is 354 g/mol. The van der Waals surface area contributed by atoms with Crippen LogP contribution in [0.1, 0.15) is 15.9 Å². The average Bonchev–Trinajstić information content (AvgIpc) is 2.43. The van der Waals surface area contributed by atoms with Gasteiger partial charge in [0.1, 0.15) is 5.75 Å². The zero-order chi connectivity index (χ0) is 14.5. The Bertz CT molecular complexity index is 657. The maximum Gasteiger partial charge on any atom is 0.275 e. The first-order valence-corrected chi connectivity index (χ1v) is 6.81. The molecular weight excluding hydrogens is 344 g/mol. The van der Waals surface area contributed by atoms with Crippen LogP contribution in [0.25, 0.3) is 0 Å². The first kappa shape index (κ1) is 14.6. The Morgan fingerprint density at radius 2 is 1.95 bits per heavy atom. The van der Waals surface area contributed by atoms with Crippen LogP contribution in [0.15, 0.2) is 52.0 Å². The smallest absolute Gasteiger partial charge is 0.275 e. The van der Waals surface area contributed by atoms with Crippen LogP contribution in [0.2, 0.25) is 5.02 Å². The summed E-state index contributed by atoms with van der Waals surface area (Å²) in [6.45, 7) is 0. The number of hydrazone groups is 1. The van der Waals surface area contributed by atoms with Gasteiger partial charge in [-0.25, -0.2) is 5.43 Å². The van der Waals surface area contributed by atoms with Gasteiger partial charge in [0, 0.05) is 9.50 Å². The van der Waals surface area contributed by atoms with Gasteiger partial charge in [0.25, 0.3) is 5.91 Å². The lowest BCUT2D eigenvalue weighted by Crippen LogP contribution is -2.17. The number of benzene rings is 2. The van der Waals surface area contributed by atoms with E-state index in [1.165, 1.54) is 24.4 Å². The number of rotatable bonds is 3. The van der Waals surface area contributed by atoms with Gasteiger partial charge in [-0.3, -0.25) is 4.79 Å². The molecule has 0 heterocycles. The Balaban J connectivity index is 2.05. The van der Waals surface area contributed by atoms with Crippen LogP contribution in [0, 0.1) is 0 Å². The van der Waals surface area contributed by atoms with Crippen molar-refractivity contribution in [2.75, 3.05) is 0 Å². The number of amides is 1. The van der Waals surface area contributed by atoms with E-state index in [2.05, 4.69) is 26.5 Å². The molecule has 0 saturated carbocycles. The predicted octanol–water partition coefficient (Wildman–Crippen LogP) is 3.57. The summed E-state index contributed by atoms with van der Waals surface area (Å²) in [5, 5.41) is 13.8. The molecule has 2 N–H and O–H groups in total. The maximum atomic E-state index is 11.8. The molecule has 0 aliphatic rings. The molecule has 2 aromatic rings. The number of hydrogen-bond acceptors (Lipinski definition) is 3. The molecule has 4 nitrogen and oxygen atoms in total. The molecule has 0 bridgehead atoms. The number of carbonyl (C=O) groups excluding carboxylic acids is 1. The fourth-order valence-electron chi connectivity index (χ4n) is 1.46. The van der Waals surface area contributed by atoms with Crippen molar-refractivity contribution in [3.05, 3.63) is 63.1 Å². The first-order valence-electron chi connectivity index (χ1n) is 5.64. The molecule has 0 aliphatic carbocycles. The van der Waals surface area contributed by atoms with Crippen molar-refractivity contribution in [3.8, 4) is 5.75 Å². The lowest BCUT2D eigenvalue weighted by atomic mass is 10.2. The molecule has 0 saturated heterocycles. The normalized spacial score (nSPS) is 10.7. The number of halogens is 2. The Labute approximate surface area is 129 Å². The fourth-order valence-corrected chi connectivity index (χ4v) is 1.90. The molecule has 0 spiro atoms. The number of carbonyl (C=O) groups is 1. The molecule has 0 aliphatic heterocycles. The van der Waals surface area contributed by atoms with Crippen LogP contribution in [0.3, 0.4) is 0 Å². The number of aromatic hydroxyl groups is 1. The van der Waals surface area contributed by atoms with Gasteiger partial charge in [0.05, 0.1) is 11.8 Å². The fraction of sp³-hybridized carbons (Fsp3) is 0. The summed E-state index contributed by atoms with van der Waals surface area (Å²) < 4.78 is 0.961. The van der Waals surface area contributed by atoms with Crippen LogP contribution in [0.4, 0.5) is 0 Å². The first-order chi connectivity index (χ1) is 9.56. The van der Waals surface area contributed by atoms with E-state index in [0.717, 1.165) is 10.0 Å². The number of nitrogens with one attached hydrogen (secondary N) is 1. The van der Waals surface area contributed by atoms with Crippen molar-refractivity contribution < 1.29 is 9.90 Å². The highest BCUT2D eigenvalue weighted by Gasteiger charge is 2.10. The Morgan fingerprint density at radius 1 is 1.25 bits per heavy atom. The summed E-state index contributed by atoms with van der Waals surface area (Å²) in [5.74, 6) is -0.677. The molecule has 0 radical (unpaired) electrons. The molecule has 0 fully saturated rings. The van der Waals surface area contributed by atoms with Crippen LogP contribution in [-0.4, -0.2) is 17.2 Å². The lowest BCUT2D eigenvalue weighted by molar-refractivity contribution is 0.0952. The molecule has 0 atom stereocenters. The Morgan fingerprint density at radius 3 is 2.65 bits per heavy atom. The summed E-state index contributed by atoms with van der Waals surface area (Å²) in [6, 6.07) is 11.7. The highest BCUT2D eigenvalue weighted by Crippen LogP contribution is 2.21. The molecule has 102 valence electrons. The Kier molecular flexibility index (Phi) is 4.76. The second kappa shape index (κ2) is 6.54. The molecular formula is C14H10BrClN2O2. The zero-order valence-corrected chi connectivity index (χ0v) is 12.5. The van der Waals surface area contributed by atoms with Gasteiger partial charge < -0.3 is 5.11 Å². The SMILES string of the molecule is O=C(N/N=C\c1ccc(Br)cc1)c1cc(Cl)ccc1O. The minimum absolute atomic E-state index is 0.0745. The number of phenols is 1. The Hall–Kier alpha value is -1.85. The molecule has 6 heteroatoms. The highest BCUT2D eigenvalue weighted by atomic mass is 79.9. The van der Waals surface area contributed by atoms with Gasteiger partial charge in [0.2, 0.25) is 0 Å². The van der Waals surface area contributed by atoms with E-state index in [0.29, 0.717) is 5.02 Å². The van der Waals surface area contributed by atoms with Gasteiger partial charge in [-0.05, 0) is 35.9 Å². The molecule has 0 aromatic heterocycles. The van der Waals surface area contributed by atoms with E-state index in [1.807, 2.05) is 24.3 Å². The van der Waals surface area contributed by atoms with Crippen molar-refractivity contribution in [2.45, 2.75) is 0 Å². The van der Waals surface area contributed by atoms with Gasteiger partial charge in [0.15, 0.2) is 0 Å². The van der Waals surface area contributed by atoms with Gasteiger partial charge in [-0.15, -0.1) is 0 Å². The minimum atomic E-state index is -0.529. The largest absolute Gasteiger partial charge is 0.507 e. The molecule has 2 rings (SSSR count). The standard InChI is InChI=1S/C14H10BrClN2O2/c15-10-3-1-9(2-4-10)8-17-18-14(20)12-7-11(16)5-6-13(12)19/h1-8,19H,(H,18,20)/b17-8-. The highest BCUT2D eigenvalue weighted by molar-refractivity contribution is 9.10. The third-order valence-corrected chi connectivity index (χ3v) is 3.22.